The van der Waals surface area contributed by atoms with Crippen LogP contribution in [0.15, 0.2) is 89.7 Å². The standard InChI is InChI=1S/C13H14ClN5O.C8H6N2/c1-19(9-20)18-17-13-8-12(5-6-15-13)16-11-4-2-3-10(14)7-11;1-2-4-8-7(3-1)5-9-6-10-8/h2-8,20H,9H2,1H3,(H,15,16);1-6H. The maximum Gasteiger partial charge on any atom is 0.178 e. The van der Waals surface area contributed by atoms with E-state index in [1.165, 1.54) is 5.01 Å². The summed E-state index contributed by atoms with van der Waals surface area (Å²) in [5.74, 6) is 0.442. The molecule has 2 aromatic heterocycles. The van der Waals surface area contributed by atoms with Gasteiger partial charge in [-0.15, -0.1) is 5.11 Å². The van der Waals surface area contributed by atoms with Crippen molar-refractivity contribution in [2.45, 2.75) is 0 Å². The van der Waals surface area contributed by atoms with E-state index in [2.05, 4.69) is 30.6 Å². The first kappa shape index (κ1) is 21.1. The van der Waals surface area contributed by atoms with Crippen LogP contribution in [0.1, 0.15) is 0 Å². The molecule has 0 atom stereocenters. The van der Waals surface area contributed by atoms with Crippen molar-refractivity contribution in [2.75, 3.05) is 19.1 Å². The second kappa shape index (κ2) is 10.8. The molecule has 0 radical (unpaired) electrons. The van der Waals surface area contributed by atoms with E-state index in [0.29, 0.717) is 10.8 Å². The first-order valence-corrected chi connectivity index (χ1v) is 9.39. The van der Waals surface area contributed by atoms with Gasteiger partial charge in [0.05, 0.1) is 5.52 Å². The molecule has 0 fully saturated rings. The molecule has 4 rings (SSSR count). The number of benzene rings is 2. The molecule has 0 saturated heterocycles. The molecule has 0 amide bonds. The zero-order valence-electron chi connectivity index (χ0n) is 16.2. The number of para-hydroxylation sites is 1. The molecule has 4 aromatic rings. The molecular formula is C21H20ClN7O. The number of rotatable bonds is 5. The molecule has 0 aliphatic rings. The van der Waals surface area contributed by atoms with E-state index >= 15 is 0 Å². The third-order valence-electron chi connectivity index (χ3n) is 3.78. The lowest BCUT2D eigenvalue weighted by molar-refractivity contribution is 0.129. The normalized spacial score (nSPS) is 10.5. The van der Waals surface area contributed by atoms with Gasteiger partial charge in [-0.05, 0) is 30.3 Å². The summed E-state index contributed by atoms with van der Waals surface area (Å²) in [6, 6.07) is 18.9. The van der Waals surface area contributed by atoms with Gasteiger partial charge in [0.25, 0.3) is 0 Å². The molecule has 0 aliphatic carbocycles. The molecule has 30 heavy (non-hydrogen) atoms. The number of aliphatic hydroxyl groups excluding tert-OH is 1. The van der Waals surface area contributed by atoms with Crippen molar-refractivity contribution in [3.05, 3.63) is 84.4 Å². The molecule has 0 aliphatic heterocycles. The van der Waals surface area contributed by atoms with Gasteiger partial charge in [0.15, 0.2) is 5.82 Å². The molecular weight excluding hydrogens is 402 g/mol. The summed E-state index contributed by atoms with van der Waals surface area (Å²) in [5, 5.41) is 22.7. The monoisotopic (exact) mass is 421 g/mol. The predicted octanol–water partition coefficient (Wildman–Crippen LogP) is 4.99. The number of fused-ring (bicyclic) bond motifs is 1. The second-order valence-corrected chi connectivity index (χ2v) is 6.54. The van der Waals surface area contributed by atoms with Crippen LogP contribution < -0.4 is 5.32 Å². The maximum atomic E-state index is 8.82. The molecule has 0 saturated carbocycles. The molecule has 152 valence electrons. The SMILES string of the molecule is CN(CO)N=Nc1cc(Nc2cccc(Cl)c2)ccn1.c1ccc2ncncc2c1. The zero-order chi connectivity index (χ0) is 21.2. The summed E-state index contributed by atoms with van der Waals surface area (Å²) in [5.41, 5.74) is 2.69. The molecule has 8 nitrogen and oxygen atoms in total. The lowest BCUT2D eigenvalue weighted by atomic mass is 10.2. The van der Waals surface area contributed by atoms with Crippen LogP contribution in [0.2, 0.25) is 5.02 Å². The van der Waals surface area contributed by atoms with E-state index in [4.69, 9.17) is 16.7 Å². The van der Waals surface area contributed by atoms with Crippen LogP contribution in [0, 0.1) is 0 Å². The maximum absolute atomic E-state index is 8.82. The highest BCUT2D eigenvalue weighted by Crippen LogP contribution is 2.22. The number of nitrogens with zero attached hydrogens (tertiary/aromatic N) is 6. The van der Waals surface area contributed by atoms with Crippen molar-refractivity contribution in [3.63, 3.8) is 0 Å². The van der Waals surface area contributed by atoms with Crippen molar-refractivity contribution in [1.82, 2.24) is 20.0 Å². The Balaban J connectivity index is 0.000000212. The minimum atomic E-state index is -0.204. The topological polar surface area (TPSA) is 98.9 Å². The highest BCUT2D eigenvalue weighted by atomic mass is 35.5. The van der Waals surface area contributed by atoms with Crippen molar-refractivity contribution in [1.29, 1.82) is 0 Å². The first-order valence-electron chi connectivity index (χ1n) is 9.01. The minimum Gasteiger partial charge on any atom is -0.375 e. The lowest BCUT2D eigenvalue weighted by Crippen LogP contribution is -2.10. The summed E-state index contributed by atoms with van der Waals surface area (Å²) < 4.78 is 0. The van der Waals surface area contributed by atoms with Gasteiger partial charge in [-0.1, -0.05) is 41.1 Å². The molecule has 9 heteroatoms. The predicted molar refractivity (Wildman–Crippen MR) is 118 cm³/mol. The highest BCUT2D eigenvalue weighted by Gasteiger charge is 1.99. The molecule has 0 bridgehead atoms. The van der Waals surface area contributed by atoms with Crippen LogP contribution in [-0.2, 0) is 0 Å². The number of aromatic nitrogens is 3. The van der Waals surface area contributed by atoms with Crippen LogP contribution in [0.25, 0.3) is 10.9 Å². The summed E-state index contributed by atoms with van der Waals surface area (Å²) in [4.78, 5) is 12.0. The van der Waals surface area contributed by atoms with Crippen LogP contribution in [0.3, 0.4) is 0 Å². The van der Waals surface area contributed by atoms with Gasteiger partial charge in [0.1, 0.15) is 13.1 Å². The molecule has 0 unspecified atom stereocenters. The van der Waals surface area contributed by atoms with Gasteiger partial charge in [0.2, 0.25) is 0 Å². The first-order chi connectivity index (χ1) is 14.6. The molecule has 0 spiro atoms. The summed E-state index contributed by atoms with van der Waals surface area (Å²) >= 11 is 5.93. The Morgan fingerprint density at radius 1 is 1.03 bits per heavy atom. The van der Waals surface area contributed by atoms with Crippen LogP contribution in [0.5, 0.6) is 0 Å². The van der Waals surface area contributed by atoms with Crippen LogP contribution in [0.4, 0.5) is 17.2 Å². The Bertz CT molecular complexity index is 1060. The fourth-order valence-electron chi connectivity index (χ4n) is 2.36. The Labute approximate surface area is 178 Å². The number of hydrogen-bond acceptors (Lipinski definition) is 7. The van der Waals surface area contributed by atoms with Crippen molar-refractivity contribution in [2.24, 2.45) is 10.3 Å². The van der Waals surface area contributed by atoms with E-state index in [1.807, 2.05) is 60.8 Å². The fourth-order valence-corrected chi connectivity index (χ4v) is 2.55. The third-order valence-corrected chi connectivity index (χ3v) is 4.01. The van der Waals surface area contributed by atoms with Gasteiger partial charge in [-0.25, -0.2) is 15.0 Å². The number of nitrogens with one attached hydrogen (secondary N) is 1. The van der Waals surface area contributed by atoms with E-state index in [-0.39, 0.29) is 6.73 Å². The number of halogens is 1. The largest absolute Gasteiger partial charge is 0.375 e. The van der Waals surface area contributed by atoms with Crippen molar-refractivity contribution >= 4 is 39.7 Å². The van der Waals surface area contributed by atoms with Gasteiger partial charge in [-0.3, -0.25) is 5.01 Å². The van der Waals surface area contributed by atoms with Gasteiger partial charge >= 0.3 is 0 Å². The number of anilines is 2. The van der Waals surface area contributed by atoms with E-state index < -0.39 is 0 Å². The minimum absolute atomic E-state index is 0.204. The summed E-state index contributed by atoms with van der Waals surface area (Å²) in [7, 11) is 1.61. The van der Waals surface area contributed by atoms with Crippen molar-refractivity contribution < 1.29 is 5.11 Å². The van der Waals surface area contributed by atoms with Gasteiger partial charge in [0, 0.05) is 47.3 Å². The number of aliphatic hydroxyl groups is 1. The summed E-state index contributed by atoms with van der Waals surface area (Å²) in [6.07, 6.45) is 4.99. The molecule has 2 N–H and O–H groups in total. The molecule has 2 heterocycles. The van der Waals surface area contributed by atoms with E-state index in [1.54, 1.807) is 25.6 Å². The Hall–Kier alpha value is -3.62. The number of hydrogen-bond donors (Lipinski definition) is 2. The summed E-state index contributed by atoms with van der Waals surface area (Å²) in [6.45, 7) is -0.204. The average molecular weight is 422 g/mol. The third kappa shape index (κ3) is 6.47. The van der Waals surface area contributed by atoms with E-state index in [9.17, 15) is 0 Å². The second-order valence-electron chi connectivity index (χ2n) is 6.11. The Morgan fingerprint density at radius 2 is 1.87 bits per heavy atom. The quantitative estimate of drug-likeness (QED) is 0.267. The number of pyridine rings is 1. The van der Waals surface area contributed by atoms with Crippen LogP contribution >= 0.6 is 11.6 Å². The van der Waals surface area contributed by atoms with Crippen molar-refractivity contribution in [3.8, 4) is 0 Å². The van der Waals surface area contributed by atoms with Crippen LogP contribution in [-0.4, -0.2) is 38.8 Å². The lowest BCUT2D eigenvalue weighted by Gasteiger charge is -2.07. The van der Waals surface area contributed by atoms with Gasteiger partial charge < -0.3 is 10.4 Å². The smallest absolute Gasteiger partial charge is 0.178 e. The van der Waals surface area contributed by atoms with E-state index in [0.717, 1.165) is 22.3 Å². The highest BCUT2D eigenvalue weighted by molar-refractivity contribution is 6.30. The average Bonchev–Trinajstić information content (AvgIpc) is 2.78. The molecule has 2 aromatic carbocycles. The Kier molecular flexibility index (Phi) is 7.59. The Morgan fingerprint density at radius 3 is 2.67 bits per heavy atom. The fraction of sp³-hybridized carbons (Fsp3) is 0.0952. The van der Waals surface area contributed by atoms with Gasteiger partial charge in [-0.2, -0.15) is 0 Å². The zero-order valence-corrected chi connectivity index (χ0v) is 17.0.